The monoisotopic (exact) mass is 867 g/mol. The first-order valence-corrected chi connectivity index (χ1v) is 25.4. The van der Waals surface area contributed by atoms with Crippen molar-refractivity contribution in [1.29, 1.82) is 0 Å². The minimum atomic E-state index is 0.983. The van der Waals surface area contributed by atoms with Gasteiger partial charge in [0.1, 0.15) is 0 Å². The maximum atomic E-state index is 2.28. The van der Waals surface area contributed by atoms with E-state index in [4.69, 9.17) is 0 Å². The van der Waals surface area contributed by atoms with Crippen LogP contribution in [0.4, 0.5) is 0 Å². The van der Waals surface area contributed by atoms with Gasteiger partial charge in [-0.2, -0.15) is 0 Å². The van der Waals surface area contributed by atoms with Gasteiger partial charge >= 0.3 is 0 Å². The molecule has 0 aromatic heterocycles. The molecule has 0 aliphatic heterocycles. The number of benzene rings is 7. The molecular weight excluding hydrogens is 781 g/mol. The van der Waals surface area contributed by atoms with Crippen molar-refractivity contribution in [3.8, 4) is 0 Å². The van der Waals surface area contributed by atoms with E-state index >= 15 is 0 Å². The number of hydrogen-bond donors (Lipinski definition) is 0. The molecule has 0 nitrogen and oxygen atoms in total. The lowest BCUT2D eigenvalue weighted by Crippen LogP contribution is -1.93. The minimum Gasteiger partial charge on any atom is -0.0683 e. The van der Waals surface area contributed by atoms with Gasteiger partial charge in [0.2, 0.25) is 0 Å². The third-order valence-electron chi connectivity index (χ3n) is 10.8. The number of rotatable bonds is 14. The van der Waals surface area contributed by atoms with Crippen LogP contribution in [-0.4, -0.2) is 0 Å². The second-order valence-electron chi connectivity index (χ2n) is 16.4. The molecule has 0 heteroatoms. The molecule has 0 saturated heterocycles. The highest BCUT2D eigenvalue weighted by Crippen LogP contribution is 2.19. The number of hydrogen-bond acceptors (Lipinski definition) is 0. The molecule has 65 heavy (non-hydrogen) atoms. The van der Waals surface area contributed by atoms with Crippen molar-refractivity contribution in [2.45, 2.75) is 154 Å². The van der Waals surface area contributed by atoms with E-state index in [0.717, 1.165) is 57.8 Å². The first kappa shape index (κ1) is 55.7. The molecule has 0 atom stereocenters. The van der Waals surface area contributed by atoms with Crippen molar-refractivity contribution >= 4 is 0 Å². The van der Waals surface area contributed by atoms with Gasteiger partial charge in [-0.05, 0) is 136 Å². The van der Waals surface area contributed by atoms with E-state index in [1.54, 1.807) is 0 Å². The molecule has 7 aromatic rings. The average molecular weight is 867 g/mol. The van der Waals surface area contributed by atoms with Crippen molar-refractivity contribution in [2.75, 3.05) is 0 Å². The van der Waals surface area contributed by atoms with Gasteiger partial charge in [-0.1, -0.05) is 266 Å². The Kier molecular flexibility index (Phi) is 29.1. The van der Waals surface area contributed by atoms with Crippen molar-refractivity contribution in [1.82, 2.24) is 0 Å². The van der Waals surface area contributed by atoms with Gasteiger partial charge in [0, 0.05) is 0 Å². The van der Waals surface area contributed by atoms with Gasteiger partial charge < -0.3 is 0 Å². The molecule has 0 fully saturated rings. The van der Waals surface area contributed by atoms with Crippen LogP contribution in [0.15, 0.2) is 170 Å². The zero-order chi connectivity index (χ0) is 47.7. The zero-order valence-electron chi connectivity index (χ0n) is 42.9. The van der Waals surface area contributed by atoms with E-state index in [1.165, 1.54) is 90.7 Å². The van der Waals surface area contributed by atoms with Gasteiger partial charge in [0.15, 0.2) is 0 Å². The normalized spacial score (nSPS) is 9.91. The van der Waals surface area contributed by atoms with E-state index in [2.05, 4.69) is 225 Å². The summed E-state index contributed by atoms with van der Waals surface area (Å²) >= 11 is 0. The Balaban J connectivity index is 0.000000381. The van der Waals surface area contributed by atoms with Crippen LogP contribution in [0.1, 0.15) is 174 Å². The van der Waals surface area contributed by atoms with Crippen LogP contribution in [0.25, 0.3) is 0 Å². The Hall–Kier alpha value is -5.46. The third kappa shape index (κ3) is 21.9. The lowest BCUT2D eigenvalue weighted by atomic mass is 9.98. The smallest absolute Gasteiger partial charge is 0.00258 e. The van der Waals surface area contributed by atoms with Crippen molar-refractivity contribution in [3.63, 3.8) is 0 Å². The minimum absolute atomic E-state index is 0.983. The molecule has 0 N–H and O–H groups in total. The van der Waals surface area contributed by atoms with Crippen LogP contribution in [0.5, 0.6) is 0 Å². The topological polar surface area (TPSA) is 0 Å². The highest BCUT2D eigenvalue weighted by atomic mass is 14.1. The lowest BCUT2D eigenvalue weighted by molar-refractivity contribution is 1.09. The predicted molar refractivity (Wildman–Crippen MR) is 291 cm³/mol. The first-order chi connectivity index (χ1) is 31.8. The number of aryl methyl sites for hydroxylation is 4. The maximum Gasteiger partial charge on any atom is -0.00258 e. The summed E-state index contributed by atoms with van der Waals surface area (Å²) in [4.78, 5) is 0. The van der Waals surface area contributed by atoms with Crippen molar-refractivity contribution in [2.24, 2.45) is 0 Å². The van der Waals surface area contributed by atoms with Gasteiger partial charge in [0.25, 0.3) is 0 Å². The van der Waals surface area contributed by atoms with E-state index < -0.39 is 0 Å². The van der Waals surface area contributed by atoms with E-state index in [9.17, 15) is 0 Å². The first-order valence-electron chi connectivity index (χ1n) is 25.4. The molecule has 0 spiro atoms. The fourth-order valence-corrected chi connectivity index (χ4v) is 7.07. The molecule has 7 aromatic carbocycles. The van der Waals surface area contributed by atoms with Crippen LogP contribution < -0.4 is 0 Å². The molecule has 0 aliphatic rings. The van der Waals surface area contributed by atoms with E-state index in [1.807, 2.05) is 27.7 Å². The molecule has 7 rings (SSSR count). The molecule has 0 radical (unpaired) electrons. The highest BCUT2D eigenvalue weighted by molar-refractivity contribution is 5.36. The van der Waals surface area contributed by atoms with Crippen molar-refractivity contribution < 1.29 is 0 Å². The van der Waals surface area contributed by atoms with E-state index in [-0.39, 0.29) is 0 Å². The van der Waals surface area contributed by atoms with Crippen LogP contribution >= 0.6 is 0 Å². The molecule has 0 amide bonds. The second-order valence-corrected chi connectivity index (χ2v) is 16.4. The summed E-state index contributed by atoms with van der Waals surface area (Å²) in [6, 6.07) is 63.2. The molecule has 0 aliphatic carbocycles. The Morgan fingerprint density at radius 2 is 0.246 bits per heavy atom. The van der Waals surface area contributed by atoms with Crippen LogP contribution in [0.3, 0.4) is 0 Å². The quantitative estimate of drug-likeness (QED) is 0.102. The summed E-state index contributed by atoms with van der Waals surface area (Å²) in [6.07, 6.45) is 11.9. The van der Waals surface area contributed by atoms with Gasteiger partial charge in [-0.15, -0.1) is 0 Å². The maximum absolute atomic E-state index is 2.28. The summed E-state index contributed by atoms with van der Waals surface area (Å²) in [6.45, 7) is 25.3. The molecule has 0 unspecified atom stereocenters. The standard InChI is InChI=1S/C31H32.C24H26.2C3H8.2C2H6/c1-3-24-5-9-26(10-6-24)21-28-13-17-30(18-14-28)23-31-19-15-29(16-20-31)22-27-11-7-25(4-2)8-12-27;1-3-19-5-9-21(10-6-19)17-23-13-15-24(16-14-23)18-22-11-7-20(4-2)8-12-22;2*1-3-2;2*1-2/h5-20H,3-4,21-23H2,1-2H3;5-16H,3-4,17-18H2,1-2H3;2*3H2,1-2H3;2*1-2H3. The largest absolute Gasteiger partial charge is 0.0683 e. The van der Waals surface area contributed by atoms with E-state index in [0.29, 0.717) is 0 Å². The van der Waals surface area contributed by atoms with Crippen LogP contribution in [0.2, 0.25) is 0 Å². The molecule has 0 heterocycles. The van der Waals surface area contributed by atoms with Crippen LogP contribution in [-0.2, 0) is 57.8 Å². The SMILES string of the molecule is CC.CC.CCC.CCC.CCc1ccc(Cc2ccc(Cc3ccc(CC)cc3)cc2)cc1.CCc1ccc(Cc2ccc(Cc3ccc(Cc4ccc(CC)cc4)cc3)cc2)cc1. The Morgan fingerprint density at radius 1 is 0.169 bits per heavy atom. The Labute approximate surface area is 399 Å². The fraction of sp³-hybridized carbons (Fsp3) is 0.354. The Bertz CT molecular complexity index is 2000. The predicted octanol–water partition coefficient (Wildman–Crippen LogP) is 18.5. The van der Waals surface area contributed by atoms with Crippen molar-refractivity contribution in [3.05, 3.63) is 248 Å². The average Bonchev–Trinajstić information content (AvgIpc) is 3.36. The lowest BCUT2D eigenvalue weighted by Gasteiger charge is -2.08. The summed E-state index contributed by atoms with van der Waals surface area (Å²) < 4.78 is 0. The zero-order valence-corrected chi connectivity index (χ0v) is 42.9. The third-order valence-corrected chi connectivity index (χ3v) is 10.8. The van der Waals surface area contributed by atoms with Gasteiger partial charge in [0.05, 0.1) is 0 Å². The summed E-state index contributed by atoms with van der Waals surface area (Å²) in [5, 5.41) is 0. The highest BCUT2D eigenvalue weighted by Gasteiger charge is 2.03. The second kappa shape index (κ2) is 34.0. The molecule has 346 valence electrons. The molecule has 0 bridgehead atoms. The summed E-state index contributed by atoms with van der Waals surface area (Å²) in [5.74, 6) is 0. The molecule has 0 saturated carbocycles. The molecular formula is C65H86. The fourth-order valence-electron chi connectivity index (χ4n) is 7.07. The van der Waals surface area contributed by atoms with Gasteiger partial charge in [-0.3, -0.25) is 0 Å². The Morgan fingerprint density at radius 3 is 0.323 bits per heavy atom. The van der Waals surface area contributed by atoms with Gasteiger partial charge in [-0.25, -0.2) is 0 Å². The summed E-state index contributed by atoms with van der Waals surface area (Å²) in [5.41, 5.74) is 19.4. The van der Waals surface area contributed by atoms with Crippen LogP contribution in [0, 0.1) is 0 Å². The summed E-state index contributed by atoms with van der Waals surface area (Å²) in [7, 11) is 0.